The number of nitrogens with zero attached hydrogens (tertiary/aromatic N) is 2. The van der Waals surface area contributed by atoms with Crippen LogP contribution in [-0.2, 0) is 17.6 Å². The third-order valence-corrected chi connectivity index (χ3v) is 4.90. The Balaban J connectivity index is 0.00000338. The SMILES string of the molecule is CCc1ccc(CCNC(=NC)NC2CCN(CCOC)CC2)cc1.I. The van der Waals surface area contributed by atoms with Crippen molar-refractivity contribution in [3.63, 3.8) is 0 Å². The van der Waals surface area contributed by atoms with Gasteiger partial charge in [-0.3, -0.25) is 4.99 Å². The number of hydrogen-bond acceptors (Lipinski definition) is 3. The van der Waals surface area contributed by atoms with E-state index in [-0.39, 0.29) is 24.0 Å². The summed E-state index contributed by atoms with van der Waals surface area (Å²) in [6.45, 7) is 7.20. The molecular formula is C20H35IN4O. The molecule has 1 heterocycles. The van der Waals surface area contributed by atoms with Gasteiger partial charge in [-0.25, -0.2) is 0 Å². The van der Waals surface area contributed by atoms with Gasteiger partial charge in [-0.2, -0.15) is 0 Å². The minimum absolute atomic E-state index is 0. The van der Waals surface area contributed by atoms with Crippen molar-refractivity contribution < 1.29 is 4.74 Å². The first-order valence-corrected chi connectivity index (χ1v) is 9.51. The Morgan fingerprint density at radius 3 is 2.42 bits per heavy atom. The van der Waals surface area contributed by atoms with Crippen LogP contribution in [0.5, 0.6) is 0 Å². The van der Waals surface area contributed by atoms with E-state index in [9.17, 15) is 0 Å². The van der Waals surface area contributed by atoms with Crippen LogP contribution in [0.1, 0.15) is 30.9 Å². The highest BCUT2D eigenvalue weighted by Gasteiger charge is 2.19. The molecule has 1 aromatic rings. The molecule has 148 valence electrons. The molecular weight excluding hydrogens is 439 g/mol. The molecule has 1 fully saturated rings. The number of ether oxygens (including phenoxy) is 1. The maximum absolute atomic E-state index is 5.16. The van der Waals surface area contributed by atoms with Gasteiger partial charge in [0.1, 0.15) is 0 Å². The Bertz CT molecular complexity index is 513. The standard InChI is InChI=1S/C20H34N4O.HI/c1-4-17-5-7-18(8-6-17)9-12-22-20(21-2)23-19-10-13-24(14-11-19)15-16-25-3;/h5-8,19H,4,9-16H2,1-3H3,(H2,21,22,23);1H. The first kappa shape index (κ1) is 23.2. The lowest BCUT2D eigenvalue weighted by Crippen LogP contribution is -2.49. The maximum Gasteiger partial charge on any atom is 0.191 e. The number of piperidine rings is 1. The largest absolute Gasteiger partial charge is 0.383 e. The second-order valence-corrected chi connectivity index (χ2v) is 6.67. The fourth-order valence-electron chi connectivity index (χ4n) is 3.18. The predicted molar refractivity (Wildman–Crippen MR) is 121 cm³/mol. The number of hydrogen-bond donors (Lipinski definition) is 2. The van der Waals surface area contributed by atoms with Gasteiger partial charge in [0.05, 0.1) is 6.61 Å². The van der Waals surface area contributed by atoms with Crippen molar-refractivity contribution in [3.05, 3.63) is 35.4 Å². The molecule has 0 atom stereocenters. The van der Waals surface area contributed by atoms with Crippen molar-refractivity contribution in [1.29, 1.82) is 0 Å². The number of likely N-dealkylation sites (tertiary alicyclic amines) is 1. The zero-order valence-corrected chi connectivity index (χ0v) is 18.8. The third kappa shape index (κ3) is 8.22. The van der Waals surface area contributed by atoms with Crippen LogP contribution in [0, 0.1) is 0 Å². The van der Waals surface area contributed by atoms with Gasteiger partial charge in [-0.1, -0.05) is 31.2 Å². The van der Waals surface area contributed by atoms with E-state index in [0.29, 0.717) is 6.04 Å². The van der Waals surface area contributed by atoms with Gasteiger partial charge in [-0.15, -0.1) is 24.0 Å². The Labute approximate surface area is 176 Å². The Hall–Kier alpha value is -0.860. The summed E-state index contributed by atoms with van der Waals surface area (Å²) in [7, 11) is 3.61. The minimum Gasteiger partial charge on any atom is -0.383 e. The van der Waals surface area contributed by atoms with Crippen LogP contribution in [0.3, 0.4) is 0 Å². The van der Waals surface area contributed by atoms with Crippen molar-refractivity contribution in [2.24, 2.45) is 4.99 Å². The molecule has 1 aromatic carbocycles. The summed E-state index contributed by atoms with van der Waals surface area (Å²) >= 11 is 0. The van der Waals surface area contributed by atoms with Crippen LogP contribution >= 0.6 is 24.0 Å². The van der Waals surface area contributed by atoms with E-state index in [0.717, 1.165) is 64.4 Å². The molecule has 0 amide bonds. The van der Waals surface area contributed by atoms with Gasteiger partial charge in [0.15, 0.2) is 5.96 Å². The molecule has 0 radical (unpaired) electrons. The van der Waals surface area contributed by atoms with Crippen molar-refractivity contribution in [2.45, 2.75) is 38.6 Å². The molecule has 0 bridgehead atoms. The first-order valence-electron chi connectivity index (χ1n) is 9.51. The monoisotopic (exact) mass is 474 g/mol. The molecule has 5 nitrogen and oxygen atoms in total. The Morgan fingerprint density at radius 2 is 1.85 bits per heavy atom. The second kappa shape index (κ2) is 13.3. The van der Waals surface area contributed by atoms with Crippen molar-refractivity contribution in [1.82, 2.24) is 15.5 Å². The van der Waals surface area contributed by atoms with E-state index in [2.05, 4.69) is 51.7 Å². The van der Waals surface area contributed by atoms with Gasteiger partial charge in [0.2, 0.25) is 0 Å². The van der Waals surface area contributed by atoms with Gasteiger partial charge < -0.3 is 20.3 Å². The minimum atomic E-state index is 0. The predicted octanol–water partition coefficient (Wildman–Crippen LogP) is 2.69. The number of nitrogens with one attached hydrogen (secondary N) is 2. The molecule has 0 unspecified atom stereocenters. The fourth-order valence-corrected chi connectivity index (χ4v) is 3.18. The lowest BCUT2D eigenvalue weighted by Gasteiger charge is -2.32. The summed E-state index contributed by atoms with van der Waals surface area (Å²) in [4.78, 5) is 6.84. The molecule has 2 N–H and O–H groups in total. The van der Waals surface area contributed by atoms with E-state index in [1.165, 1.54) is 11.1 Å². The molecule has 1 saturated heterocycles. The van der Waals surface area contributed by atoms with Gasteiger partial charge in [0.25, 0.3) is 0 Å². The quantitative estimate of drug-likeness (QED) is 0.346. The van der Waals surface area contributed by atoms with Crippen molar-refractivity contribution in [3.8, 4) is 0 Å². The Kier molecular flexibility index (Phi) is 11.9. The van der Waals surface area contributed by atoms with E-state index in [4.69, 9.17) is 4.74 Å². The molecule has 26 heavy (non-hydrogen) atoms. The number of aliphatic imine (C=N–C) groups is 1. The molecule has 0 saturated carbocycles. The van der Waals surface area contributed by atoms with Gasteiger partial charge >= 0.3 is 0 Å². The van der Waals surface area contributed by atoms with Crippen molar-refractivity contribution >= 4 is 29.9 Å². The number of halogens is 1. The van der Waals surface area contributed by atoms with E-state index in [1.807, 2.05) is 7.05 Å². The van der Waals surface area contributed by atoms with Gasteiger partial charge in [0, 0.05) is 46.4 Å². The fraction of sp³-hybridized carbons (Fsp3) is 0.650. The smallest absolute Gasteiger partial charge is 0.191 e. The van der Waals surface area contributed by atoms with Crippen LogP contribution < -0.4 is 10.6 Å². The summed E-state index contributed by atoms with van der Waals surface area (Å²) in [5.41, 5.74) is 2.76. The molecule has 0 spiro atoms. The summed E-state index contributed by atoms with van der Waals surface area (Å²) in [5.74, 6) is 0.917. The zero-order chi connectivity index (χ0) is 17.9. The zero-order valence-electron chi connectivity index (χ0n) is 16.5. The van der Waals surface area contributed by atoms with E-state index in [1.54, 1.807) is 7.11 Å². The first-order chi connectivity index (χ1) is 12.2. The van der Waals surface area contributed by atoms with Crippen LogP contribution in [0.4, 0.5) is 0 Å². The van der Waals surface area contributed by atoms with Gasteiger partial charge in [-0.05, 0) is 36.8 Å². The molecule has 0 aromatic heterocycles. The van der Waals surface area contributed by atoms with Crippen LogP contribution in [0.2, 0.25) is 0 Å². The van der Waals surface area contributed by atoms with Crippen LogP contribution in [-0.4, -0.2) is 63.8 Å². The molecule has 1 aliphatic heterocycles. The van der Waals surface area contributed by atoms with Crippen LogP contribution in [0.25, 0.3) is 0 Å². The Morgan fingerprint density at radius 1 is 1.19 bits per heavy atom. The summed E-state index contributed by atoms with van der Waals surface area (Å²) in [6.07, 6.45) is 4.42. The third-order valence-electron chi connectivity index (χ3n) is 4.90. The highest BCUT2D eigenvalue weighted by Crippen LogP contribution is 2.10. The van der Waals surface area contributed by atoms with E-state index >= 15 is 0 Å². The molecule has 2 rings (SSSR count). The molecule has 1 aliphatic rings. The molecule has 6 heteroatoms. The average Bonchev–Trinajstić information content (AvgIpc) is 2.67. The average molecular weight is 474 g/mol. The normalized spacial score (nSPS) is 16.2. The van der Waals surface area contributed by atoms with E-state index < -0.39 is 0 Å². The summed E-state index contributed by atoms with van der Waals surface area (Å²) < 4.78 is 5.16. The number of guanidine groups is 1. The van der Waals surface area contributed by atoms with Crippen molar-refractivity contribution in [2.75, 3.05) is 46.9 Å². The number of aryl methyl sites for hydroxylation is 1. The second-order valence-electron chi connectivity index (χ2n) is 6.67. The number of rotatable bonds is 8. The lowest BCUT2D eigenvalue weighted by atomic mass is 10.1. The number of benzene rings is 1. The lowest BCUT2D eigenvalue weighted by molar-refractivity contribution is 0.128. The highest BCUT2D eigenvalue weighted by atomic mass is 127. The topological polar surface area (TPSA) is 48.9 Å². The summed E-state index contributed by atoms with van der Waals surface area (Å²) in [6, 6.07) is 9.41. The maximum atomic E-state index is 5.16. The summed E-state index contributed by atoms with van der Waals surface area (Å²) in [5, 5.41) is 7.01. The van der Waals surface area contributed by atoms with Crippen LogP contribution in [0.15, 0.2) is 29.3 Å². The number of methoxy groups -OCH3 is 1. The molecule has 0 aliphatic carbocycles. The highest BCUT2D eigenvalue weighted by molar-refractivity contribution is 14.0.